The van der Waals surface area contributed by atoms with Crippen molar-refractivity contribution in [2.24, 2.45) is 11.8 Å². The molecule has 98 valence electrons. The summed E-state index contributed by atoms with van der Waals surface area (Å²) in [6.07, 6.45) is 1.80. The molecule has 0 saturated carbocycles. The molecule has 0 aromatic heterocycles. The SMILES string of the molecule is CC(C)C(CCC(=O)O)CCN1CCNC1=O. The largest absolute Gasteiger partial charge is 0.481 e. The molecule has 2 amide bonds. The Bertz CT molecular complexity index is 279. The fraction of sp³-hybridized carbons (Fsp3) is 0.833. The van der Waals surface area contributed by atoms with Crippen LogP contribution in [-0.4, -0.2) is 41.6 Å². The number of carboxylic acids is 1. The van der Waals surface area contributed by atoms with Gasteiger partial charge >= 0.3 is 12.0 Å². The summed E-state index contributed by atoms with van der Waals surface area (Å²) < 4.78 is 0. The number of nitrogens with zero attached hydrogens (tertiary/aromatic N) is 1. The van der Waals surface area contributed by atoms with Crippen molar-refractivity contribution >= 4 is 12.0 Å². The third-order valence-electron chi connectivity index (χ3n) is 3.39. The summed E-state index contributed by atoms with van der Waals surface area (Å²) in [7, 11) is 0. The van der Waals surface area contributed by atoms with Gasteiger partial charge in [0.1, 0.15) is 0 Å². The van der Waals surface area contributed by atoms with Gasteiger partial charge in [-0.05, 0) is 24.7 Å². The summed E-state index contributed by atoms with van der Waals surface area (Å²) in [6, 6.07) is 0.00532. The van der Waals surface area contributed by atoms with Crippen molar-refractivity contribution in [1.82, 2.24) is 10.2 Å². The summed E-state index contributed by atoms with van der Waals surface area (Å²) >= 11 is 0. The van der Waals surface area contributed by atoms with Crippen LogP contribution in [0.3, 0.4) is 0 Å². The lowest BCUT2D eigenvalue weighted by Crippen LogP contribution is -2.30. The fourth-order valence-corrected chi connectivity index (χ4v) is 2.17. The third kappa shape index (κ3) is 4.63. The van der Waals surface area contributed by atoms with E-state index in [1.54, 1.807) is 4.90 Å². The van der Waals surface area contributed by atoms with Gasteiger partial charge in [-0.3, -0.25) is 4.79 Å². The molecular formula is C12H22N2O3. The molecule has 1 aliphatic rings. The zero-order valence-electron chi connectivity index (χ0n) is 10.6. The number of hydrogen-bond donors (Lipinski definition) is 2. The Morgan fingerprint density at radius 3 is 2.65 bits per heavy atom. The van der Waals surface area contributed by atoms with E-state index in [9.17, 15) is 9.59 Å². The standard InChI is InChI=1S/C12H22N2O3/c1-9(2)10(3-4-11(15)16)5-7-14-8-6-13-12(14)17/h9-10H,3-8H2,1-2H3,(H,13,17)(H,15,16). The smallest absolute Gasteiger partial charge is 0.317 e. The van der Waals surface area contributed by atoms with Gasteiger partial charge in [0.15, 0.2) is 0 Å². The molecule has 0 aliphatic carbocycles. The number of carbonyl (C=O) groups excluding carboxylic acids is 1. The average molecular weight is 242 g/mol. The molecule has 1 heterocycles. The highest BCUT2D eigenvalue weighted by molar-refractivity contribution is 5.76. The first-order valence-corrected chi connectivity index (χ1v) is 6.25. The number of carbonyl (C=O) groups is 2. The highest BCUT2D eigenvalue weighted by Gasteiger charge is 2.22. The maximum Gasteiger partial charge on any atom is 0.317 e. The minimum atomic E-state index is -0.741. The van der Waals surface area contributed by atoms with Crippen LogP contribution >= 0.6 is 0 Å². The lowest BCUT2D eigenvalue weighted by Gasteiger charge is -2.23. The van der Waals surface area contributed by atoms with E-state index in [0.29, 0.717) is 18.3 Å². The van der Waals surface area contributed by atoms with Crippen LogP contribution in [0.2, 0.25) is 0 Å². The van der Waals surface area contributed by atoms with Gasteiger partial charge in [-0.1, -0.05) is 13.8 Å². The van der Waals surface area contributed by atoms with Crippen LogP contribution in [0.4, 0.5) is 4.79 Å². The van der Waals surface area contributed by atoms with E-state index in [2.05, 4.69) is 19.2 Å². The molecule has 1 fully saturated rings. The van der Waals surface area contributed by atoms with Gasteiger partial charge in [0, 0.05) is 26.1 Å². The Hall–Kier alpha value is -1.26. The van der Waals surface area contributed by atoms with Gasteiger partial charge in [-0.2, -0.15) is 0 Å². The summed E-state index contributed by atoms with van der Waals surface area (Å²) in [5.41, 5.74) is 0. The summed E-state index contributed by atoms with van der Waals surface area (Å²) in [6.45, 7) is 6.43. The van der Waals surface area contributed by atoms with Crippen molar-refractivity contribution in [3.05, 3.63) is 0 Å². The van der Waals surface area contributed by atoms with Crippen LogP contribution in [0, 0.1) is 11.8 Å². The normalized spacial score (nSPS) is 17.4. The Kier molecular flexibility index (Phi) is 5.25. The van der Waals surface area contributed by atoms with Gasteiger partial charge in [-0.15, -0.1) is 0 Å². The van der Waals surface area contributed by atoms with Gasteiger partial charge < -0.3 is 15.3 Å². The van der Waals surface area contributed by atoms with Crippen LogP contribution in [0.5, 0.6) is 0 Å². The minimum absolute atomic E-state index is 0.00532. The second-order valence-electron chi connectivity index (χ2n) is 4.94. The molecule has 2 N–H and O–H groups in total. The van der Waals surface area contributed by atoms with E-state index in [1.165, 1.54) is 0 Å². The van der Waals surface area contributed by atoms with E-state index in [1.807, 2.05) is 0 Å². The Morgan fingerprint density at radius 2 is 2.18 bits per heavy atom. The quantitative estimate of drug-likeness (QED) is 0.711. The Labute approximate surface area is 102 Å². The van der Waals surface area contributed by atoms with E-state index in [4.69, 9.17) is 5.11 Å². The van der Waals surface area contributed by atoms with E-state index < -0.39 is 5.97 Å². The molecule has 0 aromatic rings. The first-order chi connectivity index (χ1) is 8.00. The number of nitrogens with one attached hydrogen (secondary N) is 1. The van der Waals surface area contributed by atoms with Gasteiger partial charge in [0.2, 0.25) is 0 Å². The highest BCUT2D eigenvalue weighted by Crippen LogP contribution is 2.21. The van der Waals surface area contributed by atoms with Crippen molar-refractivity contribution in [2.45, 2.75) is 33.1 Å². The molecule has 1 saturated heterocycles. The average Bonchev–Trinajstić information content (AvgIpc) is 2.63. The summed E-state index contributed by atoms with van der Waals surface area (Å²) in [5, 5.41) is 11.5. The van der Waals surface area contributed by atoms with Crippen molar-refractivity contribution < 1.29 is 14.7 Å². The van der Waals surface area contributed by atoms with Gasteiger partial charge in [0.25, 0.3) is 0 Å². The molecule has 0 aromatic carbocycles. The number of carboxylic acid groups (broad SMARTS) is 1. The lowest BCUT2D eigenvalue weighted by atomic mass is 9.88. The maximum absolute atomic E-state index is 11.3. The molecule has 5 nitrogen and oxygen atoms in total. The lowest BCUT2D eigenvalue weighted by molar-refractivity contribution is -0.137. The molecule has 0 bridgehead atoms. The van der Waals surface area contributed by atoms with Crippen molar-refractivity contribution in [2.75, 3.05) is 19.6 Å². The molecule has 5 heteroatoms. The van der Waals surface area contributed by atoms with Crippen LogP contribution in [0.25, 0.3) is 0 Å². The van der Waals surface area contributed by atoms with E-state index >= 15 is 0 Å². The fourth-order valence-electron chi connectivity index (χ4n) is 2.17. The summed E-state index contributed by atoms with van der Waals surface area (Å²) in [5.74, 6) is 0.0917. The second-order valence-corrected chi connectivity index (χ2v) is 4.94. The number of aliphatic carboxylic acids is 1. The van der Waals surface area contributed by atoms with Crippen molar-refractivity contribution in [3.8, 4) is 0 Å². The zero-order valence-corrected chi connectivity index (χ0v) is 10.6. The van der Waals surface area contributed by atoms with Gasteiger partial charge in [-0.25, -0.2) is 4.79 Å². The molecule has 1 rings (SSSR count). The Morgan fingerprint density at radius 1 is 1.47 bits per heavy atom. The predicted molar refractivity (Wildman–Crippen MR) is 64.8 cm³/mol. The monoisotopic (exact) mass is 242 g/mol. The summed E-state index contributed by atoms with van der Waals surface area (Å²) in [4.78, 5) is 23.7. The first-order valence-electron chi connectivity index (χ1n) is 6.25. The number of rotatable bonds is 7. The highest BCUT2D eigenvalue weighted by atomic mass is 16.4. The van der Waals surface area contributed by atoms with Crippen LogP contribution in [0.15, 0.2) is 0 Å². The maximum atomic E-state index is 11.3. The third-order valence-corrected chi connectivity index (χ3v) is 3.39. The number of urea groups is 1. The van der Waals surface area contributed by atoms with Gasteiger partial charge in [0.05, 0.1) is 0 Å². The van der Waals surface area contributed by atoms with Crippen LogP contribution in [0.1, 0.15) is 33.1 Å². The molecule has 1 aliphatic heterocycles. The zero-order chi connectivity index (χ0) is 12.8. The van der Waals surface area contributed by atoms with Crippen molar-refractivity contribution in [3.63, 3.8) is 0 Å². The molecular weight excluding hydrogens is 220 g/mol. The van der Waals surface area contributed by atoms with Crippen LogP contribution in [-0.2, 0) is 4.79 Å². The molecule has 0 radical (unpaired) electrons. The molecule has 1 unspecified atom stereocenters. The number of hydrogen-bond acceptors (Lipinski definition) is 2. The minimum Gasteiger partial charge on any atom is -0.481 e. The molecule has 1 atom stereocenters. The van der Waals surface area contributed by atoms with Crippen LogP contribution < -0.4 is 5.32 Å². The Balaban J connectivity index is 2.33. The van der Waals surface area contributed by atoms with E-state index in [-0.39, 0.29) is 12.5 Å². The predicted octanol–water partition coefficient (Wildman–Crippen LogP) is 1.54. The van der Waals surface area contributed by atoms with E-state index in [0.717, 1.165) is 26.1 Å². The number of amides is 2. The van der Waals surface area contributed by atoms with Crippen molar-refractivity contribution in [1.29, 1.82) is 0 Å². The molecule has 0 spiro atoms. The molecule has 17 heavy (non-hydrogen) atoms. The second kappa shape index (κ2) is 6.47. The first kappa shape index (κ1) is 13.8. The topological polar surface area (TPSA) is 69.6 Å².